The van der Waals surface area contributed by atoms with E-state index >= 15 is 0 Å². The van der Waals surface area contributed by atoms with Crippen molar-refractivity contribution in [3.63, 3.8) is 0 Å². The predicted octanol–water partition coefficient (Wildman–Crippen LogP) is 6.22. The smallest absolute Gasteiger partial charge is 0.0141 e. The molecule has 0 heterocycles. The van der Waals surface area contributed by atoms with Crippen LogP contribution < -0.4 is 0 Å². The highest BCUT2D eigenvalue weighted by molar-refractivity contribution is 5.26. The highest BCUT2D eigenvalue weighted by Gasteiger charge is 2.52. The van der Waals surface area contributed by atoms with Gasteiger partial charge in [0.1, 0.15) is 0 Å². The van der Waals surface area contributed by atoms with Crippen LogP contribution in [0.2, 0.25) is 0 Å². The van der Waals surface area contributed by atoms with E-state index in [4.69, 9.17) is 0 Å². The number of hydrogen-bond acceptors (Lipinski definition) is 0. The molecule has 0 spiro atoms. The molecule has 0 heteroatoms. The number of rotatable bonds is 1. The Bertz CT molecular complexity index is 402. The van der Waals surface area contributed by atoms with Gasteiger partial charge in [-0.15, -0.1) is 0 Å². The van der Waals surface area contributed by atoms with E-state index in [-0.39, 0.29) is 0 Å². The van der Waals surface area contributed by atoms with Gasteiger partial charge in [-0.05, 0) is 86.9 Å². The molecule has 3 aliphatic carbocycles. The van der Waals surface area contributed by atoms with Crippen molar-refractivity contribution < 1.29 is 0 Å². The maximum absolute atomic E-state index is 2.67. The van der Waals surface area contributed by atoms with Crippen molar-refractivity contribution in [2.75, 3.05) is 0 Å². The van der Waals surface area contributed by atoms with Crippen LogP contribution >= 0.6 is 0 Å². The van der Waals surface area contributed by atoms with E-state index in [0.717, 1.165) is 29.6 Å². The molecule has 0 N–H and O–H groups in total. The third kappa shape index (κ3) is 2.18. The van der Waals surface area contributed by atoms with E-state index in [1.807, 2.05) is 5.57 Å². The first-order valence-electron chi connectivity index (χ1n) is 9.12. The van der Waals surface area contributed by atoms with Crippen LogP contribution in [0.3, 0.4) is 0 Å². The third-order valence-corrected chi connectivity index (χ3v) is 7.37. The molecule has 20 heavy (non-hydrogen) atoms. The average molecular weight is 274 g/mol. The van der Waals surface area contributed by atoms with Crippen molar-refractivity contribution in [2.45, 2.75) is 79.6 Å². The van der Waals surface area contributed by atoms with E-state index in [0.29, 0.717) is 5.41 Å². The number of allylic oxidation sites excluding steroid dienone is 2. The normalized spacial score (nSPS) is 45.3. The van der Waals surface area contributed by atoms with Gasteiger partial charge in [-0.2, -0.15) is 0 Å². The number of fused-ring (bicyclic) bond motifs is 3. The van der Waals surface area contributed by atoms with Crippen LogP contribution in [0.5, 0.6) is 0 Å². The van der Waals surface area contributed by atoms with Crippen LogP contribution in [0.15, 0.2) is 11.1 Å². The molecule has 0 unspecified atom stereocenters. The molecule has 0 aromatic carbocycles. The molecule has 0 aliphatic heterocycles. The molecule has 0 bridgehead atoms. The summed E-state index contributed by atoms with van der Waals surface area (Å²) in [7, 11) is 0. The molecule has 0 nitrogen and oxygen atoms in total. The monoisotopic (exact) mass is 274 g/mol. The second-order valence-electron chi connectivity index (χ2n) is 8.84. The van der Waals surface area contributed by atoms with Crippen molar-refractivity contribution >= 4 is 0 Å². The average Bonchev–Trinajstić information content (AvgIpc) is 2.89. The van der Waals surface area contributed by atoms with Crippen LogP contribution in [0.1, 0.15) is 79.6 Å². The maximum Gasteiger partial charge on any atom is -0.0141 e. The van der Waals surface area contributed by atoms with Crippen molar-refractivity contribution in [3.8, 4) is 0 Å². The van der Waals surface area contributed by atoms with E-state index in [9.17, 15) is 0 Å². The molecule has 2 saturated carbocycles. The van der Waals surface area contributed by atoms with Gasteiger partial charge in [0.2, 0.25) is 0 Å². The Labute approximate surface area is 126 Å². The zero-order valence-electron chi connectivity index (χ0n) is 14.3. The summed E-state index contributed by atoms with van der Waals surface area (Å²) in [5, 5.41) is 0. The van der Waals surface area contributed by atoms with Crippen LogP contribution in [-0.4, -0.2) is 0 Å². The summed E-state index contributed by atoms with van der Waals surface area (Å²) in [6, 6.07) is 0. The maximum atomic E-state index is 2.67. The summed E-state index contributed by atoms with van der Waals surface area (Å²) >= 11 is 0. The highest BCUT2D eigenvalue weighted by atomic mass is 14.6. The van der Waals surface area contributed by atoms with Gasteiger partial charge in [0.25, 0.3) is 0 Å². The minimum Gasteiger partial charge on any atom is -0.0738 e. The van der Waals surface area contributed by atoms with Crippen LogP contribution in [0.4, 0.5) is 0 Å². The van der Waals surface area contributed by atoms with Crippen molar-refractivity contribution in [1.82, 2.24) is 0 Å². The Morgan fingerprint density at radius 1 is 1.10 bits per heavy atom. The minimum atomic E-state index is 0.622. The largest absolute Gasteiger partial charge is 0.0738 e. The van der Waals surface area contributed by atoms with E-state index in [2.05, 4.69) is 34.6 Å². The van der Waals surface area contributed by atoms with E-state index in [1.165, 1.54) is 44.9 Å². The number of hydrogen-bond donors (Lipinski definition) is 0. The van der Waals surface area contributed by atoms with Crippen molar-refractivity contribution in [3.05, 3.63) is 11.1 Å². The van der Waals surface area contributed by atoms with Gasteiger partial charge in [0, 0.05) is 0 Å². The third-order valence-electron chi connectivity index (χ3n) is 7.37. The topological polar surface area (TPSA) is 0 Å². The van der Waals surface area contributed by atoms with Gasteiger partial charge in [-0.25, -0.2) is 0 Å². The molecular formula is C20H34. The molecule has 3 rings (SSSR count). The summed E-state index contributed by atoms with van der Waals surface area (Å²) < 4.78 is 0. The molecule has 5 atom stereocenters. The van der Waals surface area contributed by atoms with Crippen LogP contribution in [0, 0.1) is 35.0 Å². The van der Waals surface area contributed by atoms with Gasteiger partial charge in [-0.3, -0.25) is 0 Å². The molecule has 114 valence electrons. The lowest BCUT2D eigenvalue weighted by molar-refractivity contribution is 0.0761. The van der Waals surface area contributed by atoms with Crippen molar-refractivity contribution in [1.29, 1.82) is 0 Å². The first-order chi connectivity index (χ1) is 9.43. The Kier molecular flexibility index (Phi) is 3.80. The Balaban J connectivity index is 1.97. The summed E-state index contributed by atoms with van der Waals surface area (Å²) in [5.74, 6) is 4.72. The van der Waals surface area contributed by atoms with Gasteiger partial charge in [-0.1, -0.05) is 38.8 Å². The minimum absolute atomic E-state index is 0.622. The Morgan fingerprint density at radius 3 is 2.55 bits per heavy atom. The fraction of sp³-hybridized carbons (Fsp3) is 0.900. The highest BCUT2D eigenvalue weighted by Crippen LogP contribution is 2.61. The summed E-state index contributed by atoms with van der Waals surface area (Å²) in [6.07, 6.45) is 10.2. The lowest BCUT2D eigenvalue weighted by atomic mass is 9.60. The first kappa shape index (κ1) is 14.7. The second kappa shape index (κ2) is 5.18. The fourth-order valence-electron chi connectivity index (χ4n) is 6.09. The standard InChI is InChI=1S/C20H34/c1-13(2)16-10-11-20(5)18-9-7-15(4)17(18)8-6-14(3)12-19(16)20/h13-14,16,18-19H,6-12H2,1-5H3/t14-,16+,18-,19+,20+/m1/s1. The summed E-state index contributed by atoms with van der Waals surface area (Å²) in [5.41, 5.74) is 4.28. The molecular weight excluding hydrogens is 240 g/mol. The summed E-state index contributed by atoms with van der Waals surface area (Å²) in [4.78, 5) is 0. The fourth-order valence-corrected chi connectivity index (χ4v) is 6.09. The van der Waals surface area contributed by atoms with Crippen molar-refractivity contribution in [2.24, 2.45) is 35.0 Å². The molecule has 0 amide bonds. The van der Waals surface area contributed by atoms with Crippen LogP contribution in [-0.2, 0) is 0 Å². The predicted molar refractivity (Wildman–Crippen MR) is 87.6 cm³/mol. The zero-order valence-corrected chi connectivity index (χ0v) is 14.3. The molecule has 3 aliphatic rings. The SMILES string of the molecule is CC1=C2CC[C@@H](C)C[C@H]3[C@H](C(C)C)CC[C@@]3(C)[C@@H]2CC1. The lowest BCUT2D eigenvalue weighted by Gasteiger charge is -2.44. The zero-order chi connectivity index (χ0) is 14.5. The Morgan fingerprint density at radius 2 is 1.85 bits per heavy atom. The van der Waals surface area contributed by atoms with Crippen LogP contribution in [0.25, 0.3) is 0 Å². The van der Waals surface area contributed by atoms with Gasteiger partial charge in [0.15, 0.2) is 0 Å². The van der Waals surface area contributed by atoms with E-state index < -0.39 is 0 Å². The second-order valence-corrected chi connectivity index (χ2v) is 8.84. The molecule has 0 saturated heterocycles. The summed E-state index contributed by atoms with van der Waals surface area (Å²) in [6.45, 7) is 12.5. The van der Waals surface area contributed by atoms with Gasteiger partial charge >= 0.3 is 0 Å². The van der Waals surface area contributed by atoms with Gasteiger partial charge in [0.05, 0.1) is 0 Å². The Hall–Kier alpha value is -0.260. The van der Waals surface area contributed by atoms with E-state index in [1.54, 1.807) is 5.57 Å². The molecule has 2 fully saturated rings. The first-order valence-corrected chi connectivity index (χ1v) is 9.12. The molecule has 0 aromatic rings. The quantitative estimate of drug-likeness (QED) is 0.498. The van der Waals surface area contributed by atoms with Gasteiger partial charge < -0.3 is 0 Å². The molecule has 0 radical (unpaired) electrons. The molecule has 0 aromatic heterocycles. The lowest BCUT2D eigenvalue weighted by Crippen LogP contribution is -2.37.